The lowest BCUT2D eigenvalue weighted by atomic mass is 9.91. The van der Waals surface area contributed by atoms with Crippen molar-refractivity contribution < 1.29 is 23.1 Å². The molecule has 3 aromatic rings. The number of thiazole rings is 1. The molecule has 0 saturated carbocycles. The topological polar surface area (TPSA) is 77.4 Å². The van der Waals surface area contributed by atoms with Crippen LogP contribution in [0.4, 0.5) is 14.5 Å². The number of amides is 1. The van der Waals surface area contributed by atoms with Gasteiger partial charge in [0.25, 0.3) is 11.3 Å². The van der Waals surface area contributed by atoms with E-state index in [2.05, 4.69) is 5.32 Å². The van der Waals surface area contributed by atoms with Crippen molar-refractivity contribution in [3.05, 3.63) is 73.6 Å². The minimum atomic E-state index is -2.54. The van der Waals surface area contributed by atoms with Crippen LogP contribution < -0.4 is 24.8 Å². The molecule has 0 saturated heterocycles. The number of rotatable bonds is 9. The highest BCUT2D eigenvalue weighted by atomic mass is 32.2. The molecule has 1 N–H and O–H groups in total. The van der Waals surface area contributed by atoms with Gasteiger partial charge in [-0.2, -0.15) is 8.78 Å². The van der Waals surface area contributed by atoms with Gasteiger partial charge in [-0.3, -0.25) is 19.0 Å². The molecule has 0 spiro atoms. The number of aromatic nitrogens is 1. The number of alkyl halides is 2. The van der Waals surface area contributed by atoms with E-state index in [4.69, 9.17) is 4.74 Å². The number of anilines is 1. The predicted molar refractivity (Wildman–Crippen MR) is 149 cm³/mol. The average Bonchev–Trinajstić information content (AvgIpc) is 3.09. The fourth-order valence-corrected chi connectivity index (χ4v) is 4.82. The van der Waals surface area contributed by atoms with Crippen LogP contribution in [0.1, 0.15) is 40.2 Å². The fraction of sp³-hybridized carbons (Fsp3) is 0.321. The van der Waals surface area contributed by atoms with Gasteiger partial charge in [0.15, 0.2) is 5.78 Å². The molecule has 1 aromatic heterocycles. The number of carbonyl (C=O) groups excluding carboxylic acids is 2. The van der Waals surface area contributed by atoms with E-state index >= 15 is 0 Å². The van der Waals surface area contributed by atoms with Gasteiger partial charge in [-0.25, -0.2) is 0 Å². The first-order valence-corrected chi connectivity index (χ1v) is 13.6. The first-order chi connectivity index (χ1) is 17.8. The molecule has 0 atom stereocenters. The molecule has 0 unspecified atom stereocenters. The summed E-state index contributed by atoms with van der Waals surface area (Å²) in [4.78, 5) is 39.4. The quantitative estimate of drug-likeness (QED) is 0.378. The number of ether oxygens (including phenoxy) is 1. The SMILES string of the molecule is CC(C)Oc1ccccc1C=c1sc(=CC(=O)C(C)(C)C)n(CC(=O)Nc2ccc(SC(F)F)cc2)c1=O. The van der Waals surface area contributed by atoms with Crippen molar-refractivity contribution >= 4 is 52.6 Å². The Morgan fingerprint density at radius 1 is 1.11 bits per heavy atom. The van der Waals surface area contributed by atoms with Crippen LogP contribution in [0.25, 0.3) is 12.2 Å². The average molecular weight is 561 g/mol. The molecule has 1 heterocycles. The summed E-state index contributed by atoms with van der Waals surface area (Å²) in [6.07, 6.45) is 3.02. The molecule has 0 aliphatic rings. The van der Waals surface area contributed by atoms with Gasteiger partial charge in [0.2, 0.25) is 5.91 Å². The van der Waals surface area contributed by atoms with Gasteiger partial charge in [-0.15, -0.1) is 11.3 Å². The Bertz CT molecular complexity index is 1470. The standard InChI is InChI=1S/C28H30F2N2O4S2/c1-17(2)36-21-9-7-6-8-18(21)14-22-26(35)32(25(38-22)15-23(33)28(3,4)5)16-24(34)31-19-10-12-20(13-11-19)37-27(29)30/h6-15,17,27H,16H2,1-5H3,(H,31,34). The predicted octanol–water partition coefficient (Wildman–Crippen LogP) is 4.87. The second kappa shape index (κ2) is 12.5. The normalized spacial score (nSPS) is 12.9. The zero-order chi connectivity index (χ0) is 28.0. The molecule has 1 amide bonds. The van der Waals surface area contributed by atoms with Gasteiger partial charge < -0.3 is 10.1 Å². The van der Waals surface area contributed by atoms with E-state index in [-0.39, 0.29) is 18.4 Å². The molecular weight excluding hydrogens is 530 g/mol. The van der Waals surface area contributed by atoms with Crippen molar-refractivity contribution in [2.24, 2.45) is 5.41 Å². The maximum Gasteiger partial charge on any atom is 0.288 e. The summed E-state index contributed by atoms with van der Waals surface area (Å²) < 4.78 is 32.9. The minimum Gasteiger partial charge on any atom is -0.490 e. The smallest absolute Gasteiger partial charge is 0.288 e. The lowest BCUT2D eigenvalue weighted by molar-refractivity contribution is -0.120. The van der Waals surface area contributed by atoms with Crippen molar-refractivity contribution in [1.82, 2.24) is 4.57 Å². The van der Waals surface area contributed by atoms with Crippen LogP contribution in [-0.4, -0.2) is 28.1 Å². The molecule has 0 aliphatic heterocycles. The molecule has 3 rings (SSSR count). The molecule has 0 radical (unpaired) electrons. The van der Waals surface area contributed by atoms with E-state index in [1.54, 1.807) is 26.8 Å². The summed E-state index contributed by atoms with van der Waals surface area (Å²) in [6, 6.07) is 13.3. The molecule has 0 bridgehead atoms. The first kappa shape index (κ1) is 29.3. The third-order valence-electron chi connectivity index (χ3n) is 5.16. The third kappa shape index (κ3) is 8.13. The zero-order valence-corrected chi connectivity index (χ0v) is 23.4. The summed E-state index contributed by atoms with van der Waals surface area (Å²) in [7, 11) is 0. The summed E-state index contributed by atoms with van der Waals surface area (Å²) >= 11 is 1.53. The zero-order valence-electron chi connectivity index (χ0n) is 21.8. The third-order valence-corrected chi connectivity index (χ3v) is 6.95. The Morgan fingerprint density at radius 2 is 1.76 bits per heavy atom. The van der Waals surface area contributed by atoms with Gasteiger partial charge in [0.05, 0.1) is 10.6 Å². The second-order valence-electron chi connectivity index (χ2n) is 9.75. The molecule has 202 valence electrons. The Balaban J connectivity index is 2.00. The van der Waals surface area contributed by atoms with Gasteiger partial charge in [-0.1, -0.05) is 50.7 Å². The summed E-state index contributed by atoms with van der Waals surface area (Å²) in [5.74, 6) is -2.60. The van der Waals surface area contributed by atoms with Crippen LogP contribution >= 0.6 is 23.1 Å². The van der Waals surface area contributed by atoms with Crippen molar-refractivity contribution in [3.63, 3.8) is 0 Å². The van der Waals surface area contributed by atoms with Gasteiger partial charge in [-0.05, 0) is 50.3 Å². The maximum absolute atomic E-state index is 13.4. The van der Waals surface area contributed by atoms with Crippen LogP contribution in [-0.2, 0) is 16.1 Å². The summed E-state index contributed by atoms with van der Waals surface area (Å²) in [5, 5.41) is 2.68. The number of hydrogen-bond donors (Lipinski definition) is 1. The van der Waals surface area contributed by atoms with Gasteiger partial charge in [0, 0.05) is 27.6 Å². The second-order valence-corrected chi connectivity index (χ2v) is 11.9. The molecule has 38 heavy (non-hydrogen) atoms. The molecule has 0 fully saturated rings. The lowest BCUT2D eigenvalue weighted by Gasteiger charge is -2.13. The maximum atomic E-state index is 13.4. The van der Waals surface area contributed by atoms with Crippen molar-refractivity contribution in [1.29, 1.82) is 0 Å². The number of nitrogens with one attached hydrogen (secondary N) is 1. The number of Topliss-reactive ketones (excluding diaryl/α,β-unsaturated/α-hetero) is 1. The number of thioether (sulfide) groups is 1. The van der Waals surface area contributed by atoms with Crippen molar-refractivity contribution in [2.45, 2.75) is 57.9 Å². The lowest BCUT2D eigenvalue weighted by Crippen LogP contribution is -2.36. The van der Waals surface area contributed by atoms with Crippen LogP contribution in [0.5, 0.6) is 5.75 Å². The Hall–Kier alpha value is -3.24. The first-order valence-electron chi connectivity index (χ1n) is 11.9. The van der Waals surface area contributed by atoms with E-state index in [9.17, 15) is 23.2 Å². The largest absolute Gasteiger partial charge is 0.490 e. The van der Waals surface area contributed by atoms with E-state index in [1.165, 1.54) is 34.9 Å². The van der Waals surface area contributed by atoms with Crippen LogP contribution in [0.15, 0.2) is 58.2 Å². The Labute approximate surface area is 228 Å². The summed E-state index contributed by atoms with van der Waals surface area (Å²) in [6.45, 7) is 8.81. The number of benzene rings is 2. The van der Waals surface area contributed by atoms with Gasteiger partial charge >= 0.3 is 0 Å². The van der Waals surface area contributed by atoms with E-state index in [0.717, 1.165) is 11.3 Å². The molecule has 6 nitrogen and oxygen atoms in total. The number of ketones is 1. The van der Waals surface area contributed by atoms with E-state index in [1.807, 2.05) is 38.1 Å². The number of carbonyl (C=O) groups is 2. The summed E-state index contributed by atoms with van der Waals surface area (Å²) in [5.41, 5.74) is 0.0136. The number of nitrogens with zero attached hydrogens (tertiary/aromatic N) is 1. The monoisotopic (exact) mass is 560 g/mol. The molecule has 0 aliphatic carbocycles. The van der Waals surface area contributed by atoms with Crippen LogP contribution in [0, 0.1) is 5.41 Å². The fourth-order valence-electron chi connectivity index (χ4n) is 3.29. The number of para-hydroxylation sites is 1. The molecule has 10 heteroatoms. The van der Waals surface area contributed by atoms with Gasteiger partial charge in [0.1, 0.15) is 17.0 Å². The molecular formula is C28H30F2N2O4S2. The van der Waals surface area contributed by atoms with Crippen LogP contribution in [0.3, 0.4) is 0 Å². The van der Waals surface area contributed by atoms with Crippen molar-refractivity contribution in [3.8, 4) is 5.75 Å². The van der Waals surface area contributed by atoms with E-state index in [0.29, 0.717) is 42.9 Å². The highest BCUT2D eigenvalue weighted by Gasteiger charge is 2.20. The number of hydrogen-bond acceptors (Lipinski definition) is 6. The highest BCUT2D eigenvalue weighted by molar-refractivity contribution is 7.99. The van der Waals surface area contributed by atoms with Crippen molar-refractivity contribution in [2.75, 3.05) is 5.32 Å². The number of halogens is 2. The molecule has 2 aromatic carbocycles. The Morgan fingerprint density at radius 3 is 2.37 bits per heavy atom. The Kier molecular flexibility index (Phi) is 9.67. The highest BCUT2D eigenvalue weighted by Crippen LogP contribution is 2.26. The minimum absolute atomic E-state index is 0.0652. The van der Waals surface area contributed by atoms with E-state index < -0.39 is 22.6 Å². The van der Waals surface area contributed by atoms with Crippen LogP contribution in [0.2, 0.25) is 0 Å².